The molecule has 1 unspecified atom stereocenters. The summed E-state index contributed by atoms with van der Waals surface area (Å²) >= 11 is 0. The second-order valence-corrected chi connectivity index (χ2v) is 7.65. The minimum absolute atomic E-state index is 0.151. The Balaban J connectivity index is 1.87. The van der Waals surface area contributed by atoms with E-state index in [1.54, 1.807) is 0 Å². The summed E-state index contributed by atoms with van der Waals surface area (Å²) in [5.74, 6) is 1.35. The number of hydrogen-bond donors (Lipinski definition) is 1. The lowest BCUT2D eigenvalue weighted by Crippen LogP contribution is -2.22. The third kappa shape index (κ3) is 5.89. The molecule has 24 heavy (non-hydrogen) atoms. The van der Waals surface area contributed by atoms with Gasteiger partial charge in [-0.1, -0.05) is 83.1 Å². The van der Waals surface area contributed by atoms with Crippen LogP contribution in [-0.4, -0.2) is 5.26 Å². The molecular weight excluding hydrogens is 296 g/mol. The molecule has 1 N–H and O–H groups in total. The maximum atomic E-state index is 9.48. The molecule has 1 aromatic carbocycles. The van der Waals surface area contributed by atoms with Crippen LogP contribution in [0.1, 0.15) is 95.3 Å². The van der Waals surface area contributed by atoms with Gasteiger partial charge in [0.05, 0.1) is 0 Å². The lowest BCUT2D eigenvalue weighted by Gasteiger charge is -2.32. The van der Waals surface area contributed by atoms with Crippen molar-refractivity contribution in [3.8, 4) is 0 Å². The first-order valence-corrected chi connectivity index (χ1v) is 10.2. The van der Waals surface area contributed by atoms with Crippen LogP contribution in [0.5, 0.6) is 0 Å². The first-order valence-electron chi connectivity index (χ1n) is 10.2. The van der Waals surface area contributed by atoms with Gasteiger partial charge in [-0.2, -0.15) is 0 Å². The minimum atomic E-state index is -0.151. The number of benzene rings is 1. The van der Waals surface area contributed by atoms with Crippen molar-refractivity contribution in [2.45, 2.75) is 90.6 Å². The van der Waals surface area contributed by atoms with Gasteiger partial charge in [-0.25, -0.2) is 4.89 Å². The van der Waals surface area contributed by atoms with Crippen molar-refractivity contribution in [3.05, 3.63) is 35.4 Å². The molecule has 0 spiro atoms. The topological polar surface area (TPSA) is 29.5 Å². The van der Waals surface area contributed by atoms with E-state index >= 15 is 0 Å². The average molecular weight is 333 g/mol. The van der Waals surface area contributed by atoms with Gasteiger partial charge in [-0.05, 0) is 48.6 Å². The molecule has 1 aliphatic rings. The van der Waals surface area contributed by atoms with Crippen LogP contribution >= 0.6 is 0 Å². The molecule has 136 valence electrons. The van der Waals surface area contributed by atoms with Gasteiger partial charge in [0.2, 0.25) is 0 Å². The molecule has 1 saturated carbocycles. The monoisotopic (exact) mass is 332 g/mol. The summed E-state index contributed by atoms with van der Waals surface area (Å²) in [5.41, 5.74) is 2.53. The van der Waals surface area contributed by atoms with E-state index in [2.05, 4.69) is 38.1 Å². The Morgan fingerprint density at radius 3 is 2.21 bits per heavy atom. The Bertz CT molecular complexity index is 432. The smallest absolute Gasteiger partial charge is 0.120 e. The zero-order valence-electron chi connectivity index (χ0n) is 15.7. The third-order valence-corrected chi connectivity index (χ3v) is 5.78. The molecule has 1 aliphatic carbocycles. The van der Waals surface area contributed by atoms with Crippen LogP contribution < -0.4 is 0 Å². The first kappa shape index (κ1) is 19.5. The van der Waals surface area contributed by atoms with Crippen molar-refractivity contribution < 1.29 is 10.1 Å². The van der Waals surface area contributed by atoms with Gasteiger partial charge >= 0.3 is 0 Å². The molecule has 2 heteroatoms. The fourth-order valence-electron chi connectivity index (χ4n) is 4.14. The number of rotatable bonds is 10. The number of hydrogen-bond acceptors (Lipinski definition) is 2. The van der Waals surface area contributed by atoms with Gasteiger partial charge in [0, 0.05) is 0 Å². The zero-order chi connectivity index (χ0) is 17.2. The van der Waals surface area contributed by atoms with Gasteiger partial charge in [0.1, 0.15) is 6.10 Å². The fraction of sp³-hybridized carbons (Fsp3) is 0.727. The molecule has 0 radical (unpaired) electrons. The molecule has 0 heterocycles. The van der Waals surface area contributed by atoms with E-state index < -0.39 is 0 Å². The van der Waals surface area contributed by atoms with Crippen LogP contribution in [-0.2, 0) is 11.3 Å². The van der Waals surface area contributed by atoms with Crippen molar-refractivity contribution in [1.82, 2.24) is 0 Å². The van der Waals surface area contributed by atoms with Crippen molar-refractivity contribution in [1.29, 1.82) is 0 Å². The van der Waals surface area contributed by atoms with Crippen LogP contribution in [0.3, 0.4) is 0 Å². The summed E-state index contributed by atoms with van der Waals surface area (Å²) in [5, 5.41) is 9.48. The van der Waals surface area contributed by atoms with E-state index in [0.29, 0.717) is 5.92 Å². The first-order chi connectivity index (χ1) is 11.8. The predicted molar refractivity (Wildman–Crippen MR) is 101 cm³/mol. The SMILES string of the molecule is CCCCCc1ccc(C(OO)C2CCC(CCCC)CC2)cc1. The molecule has 0 aromatic heterocycles. The summed E-state index contributed by atoms with van der Waals surface area (Å²) in [7, 11) is 0. The second-order valence-electron chi connectivity index (χ2n) is 7.65. The van der Waals surface area contributed by atoms with Crippen LogP contribution in [0.4, 0.5) is 0 Å². The molecular formula is C22H36O2. The third-order valence-electron chi connectivity index (χ3n) is 5.78. The fourth-order valence-corrected chi connectivity index (χ4v) is 4.14. The minimum Gasteiger partial charge on any atom is -0.251 e. The van der Waals surface area contributed by atoms with E-state index in [1.165, 1.54) is 69.8 Å². The van der Waals surface area contributed by atoms with Crippen LogP contribution in [0.2, 0.25) is 0 Å². The van der Waals surface area contributed by atoms with Gasteiger partial charge < -0.3 is 0 Å². The maximum absolute atomic E-state index is 9.48. The molecule has 1 fully saturated rings. The standard InChI is InChI=1S/C22H36O2/c1-3-5-7-9-19-12-16-21(17-13-19)22(24-23)20-14-10-18(11-15-20)8-6-4-2/h12-13,16-18,20,22-23H,3-11,14-15H2,1-2H3. The van der Waals surface area contributed by atoms with E-state index in [1.807, 2.05) is 0 Å². The highest BCUT2D eigenvalue weighted by Crippen LogP contribution is 2.40. The van der Waals surface area contributed by atoms with Gasteiger partial charge in [-0.3, -0.25) is 5.26 Å². The molecule has 2 rings (SSSR count). The van der Waals surface area contributed by atoms with Crippen molar-refractivity contribution in [3.63, 3.8) is 0 Å². The molecule has 0 bridgehead atoms. The highest BCUT2D eigenvalue weighted by molar-refractivity contribution is 5.25. The summed E-state index contributed by atoms with van der Waals surface area (Å²) in [6, 6.07) is 8.74. The summed E-state index contributed by atoms with van der Waals surface area (Å²) in [4.78, 5) is 4.93. The lowest BCUT2D eigenvalue weighted by molar-refractivity contribution is -0.296. The molecule has 1 atom stereocenters. The Hall–Kier alpha value is -0.860. The quantitative estimate of drug-likeness (QED) is 0.285. The van der Waals surface area contributed by atoms with Crippen LogP contribution in [0.15, 0.2) is 24.3 Å². The van der Waals surface area contributed by atoms with Gasteiger partial charge in [0.15, 0.2) is 0 Å². The van der Waals surface area contributed by atoms with E-state index in [0.717, 1.165) is 17.9 Å². The Morgan fingerprint density at radius 1 is 0.958 bits per heavy atom. The summed E-state index contributed by atoms with van der Waals surface area (Å²) in [6.45, 7) is 4.51. The Kier molecular flexibility index (Phi) is 8.83. The Labute approximate surface area is 148 Å². The van der Waals surface area contributed by atoms with Crippen LogP contribution in [0, 0.1) is 11.8 Å². The van der Waals surface area contributed by atoms with Crippen molar-refractivity contribution in [2.75, 3.05) is 0 Å². The van der Waals surface area contributed by atoms with E-state index in [4.69, 9.17) is 4.89 Å². The highest BCUT2D eigenvalue weighted by Gasteiger charge is 2.29. The molecule has 0 aliphatic heterocycles. The molecule has 0 saturated heterocycles. The normalized spacial score (nSPS) is 22.5. The average Bonchev–Trinajstić information content (AvgIpc) is 2.63. The van der Waals surface area contributed by atoms with Gasteiger partial charge in [0.25, 0.3) is 0 Å². The summed E-state index contributed by atoms with van der Waals surface area (Å²) in [6.07, 6.45) is 13.8. The Morgan fingerprint density at radius 2 is 1.62 bits per heavy atom. The maximum Gasteiger partial charge on any atom is 0.120 e. The van der Waals surface area contributed by atoms with E-state index in [-0.39, 0.29) is 6.10 Å². The second kappa shape index (κ2) is 10.9. The number of unbranched alkanes of at least 4 members (excludes halogenated alkanes) is 3. The zero-order valence-corrected chi connectivity index (χ0v) is 15.7. The number of aryl methyl sites for hydroxylation is 1. The molecule has 1 aromatic rings. The van der Waals surface area contributed by atoms with Gasteiger partial charge in [-0.15, -0.1) is 0 Å². The molecule has 2 nitrogen and oxygen atoms in total. The van der Waals surface area contributed by atoms with Crippen LogP contribution in [0.25, 0.3) is 0 Å². The predicted octanol–water partition coefficient (Wildman–Crippen LogP) is 6.95. The highest BCUT2D eigenvalue weighted by atomic mass is 17.1. The summed E-state index contributed by atoms with van der Waals surface area (Å²) < 4.78 is 0. The van der Waals surface area contributed by atoms with Crippen molar-refractivity contribution in [2.24, 2.45) is 11.8 Å². The largest absolute Gasteiger partial charge is 0.251 e. The van der Waals surface area contributed by atoms with Crippen molar-refractivity contribution >= 4 is 0 Å². The molecule has 0 amide bonds. The lowest BCUT2D eigenvalue weighted by atomic mass is 9.76. The van der Waals surface area contributed by atoms with E-state index in [9.17, 15) is 5.26 Å².